The molecule has 1 saturated carbocycles. The predicted molar refractivity (Wildman–Crippen MR) is 148 cm³/mol. The first-order valence-electron chi connectivity index (χ1n) is 13.9. The van der Waals surface area contributed by atoms with Crippen LogP contribution in [0.2, 0.25) is 0 Å². The lowest BCUT2D eigenvalue weighted by atomic mass is 9.95. The molecule has 204 valence electrons. The summed E-state index contributed by atoms with van der Waals surface area (Å²) in [5.41, 5.74) is 1.80. The molecule has 0 radical (unpaired) electrons. The van der Waals surface area contributed by atoms with E-state index in [0.29, 0.717) is 49.9 Å². The van der Waals surface area contributed by atoms with E-state index in [1.807, 2.05) is 48.0 Å². The lowest BCUT2D eigenvalue weighted by Gasteiger charge is -2.40. The zero-order valence-electron chi connectivity index (χ0n) is 22.2. The molecule has 4 aromatic rings. The number of fused-ring (bicyclic) bond motifs is 1. The molecule has 1 aliphatic heterocycles. The Morgan fingerprint density at radius 3 is 2.62 bits per heavy atom. The number of halogens is 1. The number of benzene rings is 2. The predicted octanol–water partition coefficient (Wildman–Crippen LogP) is 4.47. The number of H-pyrrole nitrogens is 1. The Balaban J connectivity index is 1.39. The summed E-state index contributed by atoms with van der Waals surface area (Å²) in [4.78, 5) is 21.0. The third kappa shape index (κ3) is 5.13. The number of para-hydroxylation sites is 1. The second kappa shape index (κ2) is 11.1. The van der Waals surface area contributed by atoms with Crippen molar-refractivity contribution in [1.29, 1.82) is 0 Å². The number of nitrogens with one attached hydrogen (secondary N) is 1. The van der Waals surface area contributed by atoms with Crippen LogP contribution in [0.25, 0.3) is 10.9 Å². The van der Waals surface area contributed by atoms with Crippen molar-refractivity contribution in [2.75, 3.05) is 37.7 Å². The van der Waals surface area contributed by atoms with E-state index in [1.54, 1.807) is 6.07 Å². The van der Waals surface area contributed by atoms with Gasteiger partial charge in [0.1, 0.15) is 17.6 Å². The van der Waals surface area contributed by atoms with Crippen LogP contribution in [0, 0.1) is 5.82 Å². The molecule has 2 fully saturated rings. The van der Waals surface area contributed by atoms with Gasteiger partial charge in [0.25, 0.3) is 5.56 Å². The summed E-state index contributed by atoms with van der Waals surface area (Å²) in [6.45, 7) is 5.03. The van der Waals surface area contributed by atoms with Gasteiger partial charge in [0.05, 0.1) is 18.3 Å². The van der Waals surface area contributed by atoms with Gasteiger partial charge in [-0.3, -0.25) is 9.69 Å². The van der Waals surface area contributed by atoms with E-state index < -0.39 is 6.04 Å². The normalized spacial score (nSPS) is 17.9. The number of aromatic nitrogens is 5. The minimum Gasteiger partial charge on any atom is -0.494 e. The van der Waals surface area contributed by atoms with Gasteiger partial charge in [0.2, 0.25) is 0 Å². The number of rotatable bonds is 7. The van der Waals surface area contributed by atoms with E-state index >= 15 is 0 Å². The molecule has 0 unspecified atom stereocenters. The van der Waals surface area contributed by atoms with Crippen LogP contribution in [0.3, 0.4) is 0 Å². The second-order valence-corrected chi connectivity index (χ2v) is 10.4. The molecule has 0 spiro atoms. The molecule has 1 N–H and O–H groups in total. The van der Waals surface area contributed by atoms with E-state index in [1.165, 1.54) is 12.5 Å². The van der Waals surface area contributed by atoms with E-state index in [-0.39, 0.29) is 17.4 Å². The van der Waals surface area contributed by atoms with Gasteiger partial charge in [0.15, 0.2) is 5.82 Å². The molecule has 9 nitrogen and oxygen atoms in total. The number of piperazine rings is 1. The Morgan fingerprint density at radius 2 is 1.85 bits per heavy atom. The highest BCUT2D eigenvalue weighted by Crippen LogP contribution is 2.34. The van der Waals surface area contributed by atoms with Gasteiger partial charge < -0.3 is 14.6 Å². The maximum Gasteiger partial charge on any atom is 0.253 e. The zero-order chi connectivity index (χ0) is 26.8. The Kier molecular flexibility index (Phi) is 7.28. The molecule has 0 amide bonds. The largest absolute Gasteiger partial charge is 0.494 e. The van der Waals surface area contributed by atoms with Crippen LogP contribution in [-0.2, 0) is 0 Å². The third-order valence-corrected chi connectivity index (χ3v) is 8.01. The van der Waals surface area contributed by atoms with Crippen molar-refractivity contribution in [3.63, 3.8) is 0 Å². The lowest BCUT2D eigenvalue weighted by molar-refractivity contribution is 0.192. The van der Waals surface area contributed by atoms with E-state index in [2.05, 4.69) is 30.3 Å². The van der Waals surface area contributed by atoms with Crippen LogP contribution < -0.4 is 15.2 Å². The van der Waals surface area contributed by atoms with E-state index in [9.17, 15) is 9.18 Å². The summed E-state index contributed by atoms with van der Waals surface area (Å²) < 4.78 is 22.2. The van der Waals surface area contributed by atoms with Crippen molar-refractivity contribution in [2.45, 2.75) is 51.1 Å². The minimum absolute atomic E-state index is 0.161. The summed E-state index contributed by atoms with van der Waals surface area (Å²) in [5.74, 6) is 1.22. The average Bonchev–Trinajstić information content (AvgIpc) is 3.44. The molecule has 2 aromatic heterocycles. The molecule has 2 aromatic carbocycles. The standard InChI is InChI=1S/C29H34FN7O2/c1-2-39-22-12-13-25-20(18-22)19-23(29(38)31-25)27(28-32-33-34-37(28)21-8-4-3-5-9-21)36-16-14-35(15-17-36)26-11-7-6-10-24(26)30/h6-7,10-13,18-19,21,27H,2-5,8-9,14-17H2,1H3,(H,31,38)/t27-/m0/s1. The molecule has 0 bridgehead atoms. The maximum absolute atomic E-state index is 14.5. The second-order valence-electron chi connectivity index (χ2n) is 10.4. The Morgan fingerprint density at radius 1 is 1.05 bits per heavy atom. The van der Waals surface area contributed by atoms with Crippen molar-refractivity contribution in [2.24, 2.45) is 0 Å². The lowest BCUT2D eigenvalue weighted by Crippen LogP contribution is -2.49. The summed E-state index contributed by atoms with van der Waals surface area (Å²) in [7, 11) is 0. The monoisotopic (exact) mass is 531 g/mol. The van der Waals surface area contributed by atoms with E-state index in [4.69, 9.17) is 4.74 Å². The molecule has 1 atom stereocenters. The fraction of sp³-hybridized carbons (Fsp3) is 0.448. The topological polar surface area (TPSA) is 92.2 Å². The van der Waals surface area contributed by atoms with Crippen molar-refractivity contribution in [3.8, 4) is 5.75 Å². The maximum atomic E-state index is 14.5. The van der Waals surface area contributed by atoms with Gasteiger partial charge in [-0.2, -0.15) is 0 Å². The SMILES string of the molecule is CCOc1ccc2[nH]c(=O)c([C@@H](c3nnnn3C3CCCCC3)N3CCN(c4ccccc4F)CC3)cc2c1. The molecule has 39 heavy (non-hydrogen) atoms. The number of tetrazole rings is 1. The fourth-order valence-corrected chi connectivity index (χ4v) is 6.06. The number of hydrogen-bond acceptors (Lipinski definition) is 7. The summed E-state index contributed by atoms with van der Waals surface area (Å²) >= 11 is 0. The van der Waals surface area contributed by atoms with Crippen LogP contribution in [0.5, 0.6) is 5.75 Å². The van der Waals surface area contributed by atoms with Crippen LogP contribution in [0.15, 0.2) is 53.3 Å². The molecular formula is C29H34FN7O2. The van der Waals surface area contributed by atoms with Crippen LogP contribution in [0.4, 0.5) is 10.1 Å². The Labute approximate surface area is 226 Å². The molecule has 1 saturated heterocycles. The number of hydrogen-bond donors (Lipinski definition) is 1. The van der Waals surface area contributed by atoms with Gasteiger partial charge >= 0.3 is 0 Å². The Hall–Kier alpha value is -3.79. The van der Waals surface area contributed by atoms with Gasteiger partial charge in [0, 0.05) is 42.6 Å². The number of anilines is 1. The first kappa shape index (κ1) is 25.5. The number of nitrogens with zero attached hydrogens (tertiary/aromatic N) is 6. The number of aromatic amines is 1. The van der Waals surface area contributed by atoms with Crippen molar-refractivity contribution < 1.29 is 9.13 Å². The zero-order valence-corrected chi connectivity index (χ0v) is 22.2. The minimum atomic E-state index is -0.436. The molecule has 3 heterocycles. The highest BCUT2D eigenvalue weighted by atomic mass is 19.1. The third-order valence-electron chi connectivity index (χ3n) is 8.01. The highest BCUT2D eigenvalue weighted by Gasteiger charge is 2.34. The quantitative estimate of drug-likeness (QED) is 0.376. The molecule has 1 aliphatic carbocycles. The molecular weight excluding hydrogens is 497 g/mol. The molecule has 2 aliphatic rings. The van der Waals surface area contributed by atoms with Crippen LogP contribution >= 0.6 is 0 Å². The molecule has 6 rings (SSSR count). The van der Waals surface area contributed by atoms with Crippen LogP contribution in [-0.4, -0.2) is 62.9 Å². The highest BCUT2D eigenvalue weighted by molar-refractivity contribution is 5.80. The van der Waals surface area contributed by atoms with Gasteiger partial charge in [-0.05, 0) is 66.6 Å². The van der Waals surface area contributed by atoms with Gasteiger partial charge in [-0.25, -0.2) is 9.07 Å². The number of ether oxygens (including phenoxy) is 1. The first-order valence-corrected chi connectivity index (χ1v) is 13.9. The fourth-order valence-electron chi connectivity index (χ4n) is 6.06. The summed E-state index contributed by atoms with van der Waals surface area (Å²) in [6.07, 6.45) is 5.57. The number of pyridine rings is 1. The van der Waals surface area contributed by atoms with Crippen molar-refractivity contribution in [3.05, 3.63) is 76.1 Å². The van der Waals surface area contributed by atoms with Crippen molar-refractivity contribution in [1.82, 2.24) is 30.1 Å². The summed E-state index contributed by atoms with van der Waals surface area (Å²) in [6, 6.07) is 14.3. The first-order chi connectivity index (χ1) is 19.1. The Bertz CT molecular complexity index is 1490. The van der Waals surface area contributed by atoms with E-state index in [0.717, 1.165) is 42.3 Å². The smallest absolute Gasteiger partial charge is 0.253 e. The van der Waals surface area contributed by atoms with Crippen LogP contribution in [0.1, 0.15) is 62.5 Å². The average molecular weight is 532 g/mol. The van der Waals surface area contributed by atoms with Crippen molar-refractivity contribution >= 4 is 16.6 Å². The van der Waals surface area contributed by atoms with Gasteiger partial charge in [-0.15, -0.1) is 5.10 Å². The summed E-state index contributed by atoms with van der Waals surface area (Å²) in [5, 5.41) is 13.9. The van der Waals surface area contributed by atoms with Gasteiger partial charge in [-0.1, -0.05) is 31.4 Å². The molecule has 10 heteroatoms.